The molecule has 1 aliphatic rings. The lowest BCUT2D eigenvalue weighted by molar-refractivity contribution is -0.117. The first kappa shape index (κ1) is 17.5. The predicted octanol–water partition coefficient (Wildman–Crippen LogP) is 4.21. The molecule has 2 aromatic carbocycles. The van der Waals surface area contributed by atoms with Crippen LogP contribution in [0.15, 0.2) is 42.5 Å². The molecule has 130 valence electrons. The topological polar surface area (TPSA) is 49.4 Å². The average molecular weight is 357 g/mol. The lowest BCUT2D eigenvalue weighted by Crippen LogP contribution is -2.25. The minimum atomic E-state index is -0.0127. The highest BCUT2D eigenvalue weighted by Gasteiger charge is 2.22. The SMILES string of the molecule is CC(=O)N1CCc2ccc(NC(=O)CCCc3ccc(Cl)cc3)cc21. The van der Waals surface area contributed by atoms with Crippen molar-refractivity contribution in [3.63, 3.8) is 0 Å². The third kappa shape index (κ3) is 4.40. The van der Waals surface area contributed by atoms with Gasteiger partial charge in [0, 0.05) is 36.3 Å². The highest BCUT2D eigenvalue weighted by Crippen LogP contribution is 2.31. The van der Waals surface area contributed by atoms with E-state index in [2.05, 4.69) is 5.32 Å². The Bertz CT molecular complexity index is 787. The van der Waals surface area contributed by atoms with Gasteiger partial charge >= 0.3 is 0 Å². The Hall–Kier alpha value is -2.33. The molecular formula is C20H21ClN2O2. The monoisotopic (exact) mass is 356 g/mol. The van der Waals surface area contributed by atoms with E-state index < -0.39 is 0 Å². The summed E-state index contributed by atoms with van der Waals surface area (Å²) in [6.07, 6.45) is 2.94. The van der Waals surface area contributed by atoms with Crippen LogP contribution in [0.25, 0.3) is 0 Å². The van der Waals surface area contributed by atoms with E-state index in [4.69, 9.17) is 11.6 Å². The molecule has 0 spiro atoms. The highest BCUT2D eigenvalue weighted by molar-refractivity contribution is 6.30. The van der Waals surface area contributed by atoms with Gasteiger partial charge in [0.1, 0.15) is 0 Å². The van der Waals surface area contributed by atoms with Gasteiger partial charge in [-0.15, -0.1) is 0 Å². The number of nitrogens with one attached hydrogen (secondary N) is 1. The number of halogens is 1. The molecule has 4 nitrogen and oxygen atoms in total. The fourth-order valence-corrected chi connectivity index (χ4v) is 3.24. The Kier molecular flexibility index (Phi) is 5.39. The number of rotatable bonds is 5. The van der Waals surface area contributed by atoms with Crippen LogP contribution in [0, 0.1) is 0 Å². The molecule has 0 fully saturated rings. The van der Waals surface area contributed by atoms with Gasteiger partial charge in [-0.05, 0) is 54.7 Å². The Morgan fingerprint density at radius 3 is 2.64 bits per heavy atom. The van der Waals surface area contributed by atoms with Gasteiger partial charge < -0.3 is 10.2 Å². The molecule has 1 heterocycles. The van der Waals surface area contributed by atoms with Crippen molar-refractivity contribution in [1.29, 1.82) is 0 Å². The zero-order valence-electron chi connectivity index (χ0n) is 14.2. The Morgan fingerprint density at radius 2 is 1.92 bits per heavy atom. The molecule has 1 aliphatic heterocycles. The van der Waals surface area contributed by atoms with Crippen LogP contribution in [-0.2, 0) is 22.4 Å². The second-order valence-electron chi connectivity index (χ2n) is 6.29. The van der Waals surface area contributed by atoms with Gasteiger partial charge in [0.2, 0.25) is 11.8 Å². The molecule has 2 aromatic rings. The molecule has 3 rings (SSSR count). The summed E-state index contributed by atoms with van der Waals surface area (Å²) < 4.78 is 0. The Labute approximate surface area is 152 Å². The van der Waals surface area contributed by atoms with Crippen LogP contribution in [0.3, 0.4) is 0 Å². The second-order valence-corrected chi connectivity index (χ2v) is 6.73. The maximum absolute atomic E-state index is 12.2. The number of benzene rings is 2. The molecule has 0 aromatic heterocycles. The van der Waals surface area contributed by atoms with Gasteiger partial charge in [-0.3, -0.25) is 9.59 Å². The molecule has 5 heteroatoms. The third-order valence-electron chi connectivity index (χ3n) is 4.43. The smallest absolute Gasteiger partial charge is 0.224 e. The van der Waals surface area contributed by atoms with Gasteiger partial charge in [0.25, 0.3) is 0 Å². The zero-order valence-corrected chi connectivity index (χ0v) is 15.0. The van der Waals surface area contributed by atoms with Crippen molar-refractivity contribution in [2.75, 3.05) is 16.8 Å². The highest BCUT2D eigenvalue weighted by atomic mass is 35.5. The minimum absolute atomic E-state index is 0.0127. The molecule has 0 saturated carbocycles. The fraction of sp³-hybridized carbons (Fsp3) is 0.300. The number of carbonyl (C=O) groups is 2. The standard InChI is InChI=1S/C20H21ClN2O2/c1-14(24)23-12-11-16-7-10-18(13-19(16)23)22-20(25)4-2-3-15-5-8-17(21)9-6-15/h5-10,13H,2-4,11-12H2,1H3,(H,22,25). The van der Waals surface area contributed by atoms with E-state index in [9.17, 15) is 9.59 Å². The summed E-state index contributed by atoms with van der Waals surface area (Å²) in [5, 5.41) is 3.65. The van der Waals surface area contributed by atoms with Gasteiger partial charge in [0.15, 0.2) is 0 Å². The van der Waals surface area contributed by atoms with Crippen LogP contribution < -0.4 is 10.2 Å². The van der Waals surface area contributed by atoms with Crippen LogP contribution >= 0.6 is 11.6 Å². The van der Waals surface area contributed by atoms with E-state index in [1.165, 1.54) is 5.56 Å². The van der Waals surface area contributed by atoms with Crippen molar-refractivity contribution in [3.8, 4) is 0 Å². The number of carbonyl (C=O) groups excluding carboxylic acids is 2. The van der Waals surface area contributed by atoms with Crippen molar-refractivity contribution >= 4 is 34.8 Å². The summed E-state index contributed by atoms with van der Waals surface area (Å²) in [5.41, 5.74) is 3.97. The number of anilines is 2. The quantitative estimate of drug-likeness (QED) is 0.872. The lowest BCUT2D eigenvalue weighted by Gasteiger charge is -2.15. The maximum Gasteiger partial charge on any atom is 0.224 e. The van der Waals surface area contributed by atoms with Crippen molar-refractivity contribution in [2.45, 2.75) is 32.6 Å². The minimum Gasteiger partial charge on any atom is -0.326 e. The van der Waals surface area contributed by atoms with E-state index in [1.54, 1.807) is 11.8 Å². The first-order valence-corrected chi connectivity index (χ1v) is 8.86. The number of fused-ring (bicyclic) bond motifs is 1. The molecule has 2 amide bonds. The molecule has 1 N–H and O–H groups in total. The van der Waals surface area contributed by atoms with Crippen LogP contribution in [0.1, 0.15) is 30.9 Å². The van der Waals surface area contributed by atoms with E-state index in [0.717, 1.165) is 41.2 Å². The molecule has 0 atom stereocenters. The van der Waals surface area contributed by atoms with Crippen molar-refractivity contribution in [1.82, 2.24) is 0 Å². The summed E-state index contributed by atoms with van der Waals surface area (Å²) in [6, 6.07) is 13.5. The third-order valence-corrected chi connectivity index (χ3v) is 4.68. The van der Waals surface area contributed by atoms with Gasteiger partial charge in [-0.1, -0.05) is 29.8 Å². The first-order valence-electron chi connectivity index (χ1n) is 8.48. The zero-order chi connectivity index (χ0) is 17.8. The molecule has 0 aliphatic carbocycles. The summed E-state index contributed by atoms with van der Waals surface area (Å²) in [5.74, 6) is 0.0199. The van der Waals surface area contributed by atoms with Crippen LogP contribution in [0.5, 0.6) is 0 Å². The normalized spacial score (nSPS) is 12.8. The van der Waals surface area contributed by atoms with Gasteiger partial charge in [-0.25, -0.2) is 0 Å². The largest absolute Gasteiger partial charge is 0.326 e. The maximum atomic E-state index is 12.2. The van der Waals surface area contributed by atoms with Crippen molar-refractivity contribution in [3.05, 3.63) is 58.6 Å². The van der Waals surface area contributed by atoms with Crippen molar-refractivity contribution < 1.29 is 9.59 Å². The predicted molar refractivity (Wildman–Crippen MR) is 101 cm³/mol. The molecular weight excluding hydrogens is 336 g/mol. The Morgan fingerprint density at radius 1 is 1.16 bits per heavy atom. The molecule has 0 saturated heterocycles. The number of nitrogens with zero attached hydrogens (tertiary/aromatic N) is 1. The van der Waals surface area contributed by atoms with Gasteiger partial charge in [0.05, 0.1) is 0 Å². The molecule has 0 bridgehead atoms. The van der Waals surface area contributed by atoms with Crippen LogP contribution in [0.4, 0.5) is 11.4 Å². The molecule has 25 heavy (non-hydrogen) atoms. The molecule has 0 unspecified atom stereocenters. The van der Waals surface area contributed by atoms with Crippen molar-refractivity contribution in [2.24, 2.45) is 0 Å². The van der Waals surface area contributed by atoms with E-state index in [-0.39, 0.29) is 11.8 Å². The number of aryl methyl sites for hydroxylation is 1. The first-order chi connectivity index (χ1) is 12.0. The number of hydrogen-bond acceptors (Lipinski definition) is 2. The fourth-order valence-electron chi connectivity index (χ4n) is 3.11. The van der Waals surface area contributed by atoms with Crippen LogP contribution in [0.2, 0.25) is 5.02 Å². The van der Waals surface area contributed by atoms with Gasteiger partial charge in [-0.2, -0.15) is 0 Å². The summed E-state index contributed by atoms with van der Waals surface area (Å²) in [7, 11) is 0. The summed E-state index contributed by atoms with van der Waals surface area (Å²) >= 11 is 5.87. The van der Waals surface area contributed by atoms with E-state index in [0.29, 0.717) is 13.0 Å². The second kappa shape index (κ2) is 7.70. The summed E-state index contributed by atoms with van der Waals surface area (Å²) in [6.45, 7) is 2.28. The molecule has 0 radical (unpaired) electrons. The number of hydrogen-bond donors (Lipinski definition) is 1. The average Bonchev–Trinajstić information content (AvgIpc) is 3.00. The van der Waals surface area contributed by atoms with E-state index in [1.807, 2.05) is 42.5 Å². The van der Waals surface area contributed by atoms with E-state index >= 15 is 0 Å². The summed E-state index contributed by atoms with van der Waals surface area (Å²) in [4.78, 5) is 25.6. The Balaban J connectivity index is 1.54. The lowest BCUT2D eigenvalue weighted by atomic mass is 10.1. The number of amides is 2. The van der Waals surface area contributed by atoms with Crippen LogP contribution in [-0.4, -0.2) is 18.4 Å².